The number of fused-ring (bicyclic) bond motifs is 2. The maximum Gasteiger partial charge on any atom is 0.259 e. The van der Waals surface area contributed by atoms with Crippen LogP contribution in [0.2, 0.25) is 0 Å². The molecule has 1 heterocycles. The van der Waals surface area contributed by atoms with Crippen molar-refractivity contribution in [2.45, 2.75) is 13.8 Å². The van der Waals surface area contributed by atoms with E-state index in [9.17, 15) is 4.79 Å². The van der Waals surface area contributed by atoms with Crippen molar-refractivity contribution in [3.63, 3.8) is 0 Å². The number of carbonyl (C=O) groups is 1. The number of amides is 1. The minimum Gasteiger partial charge on any atom is -0.307 e. The molecule has 21 heavy (non-hydrogen) atoms. The number of hydrogen-bond acceptors (Lipinski definition) is 1. The minimum absolute atomic E-state index is 0.0285. The maximum absolute atomic E-state index is 12.9. The quantitative estimate of drug-likeness (QED) is 0.765. The average Bonchev–Trinajstić information content (AvgIpc) is 2.49. The van der Waals surface area contributed by atoms with Crippen molar-refractivity contribution in [2.24, 2.45) is 5.92 Å². The lowest BCUT2D eigenvalue weighted by molar-refractivity contribution is 0.0983. The van der Waals surface area contributed by atoms with Crippen LogP contribution in [0.4, 0.5) is 5.69 Å². The van der Waals surface area contributed by atoms with E-state index in [0.717, 1.165) is 16.8 Å². The van der Waals surface area contributed by atoms with E-state index in [-0.39, 0.29) is 5.91 Å². The average molecular weight is 275 g/mol. The van der Waals surface area contributed by atoms with Gasteiger partial charge in [0.2, 0.25) is 0 Å². The summed E-state index contributed by atoms with van der Waals surface area (Å²) >= 11 is 0. The Morgan fingerprint density at radius 3 is 2.33 bits per heavy atom. The van der Waals surface area contributed by atoms with E-state index in [4.69, 9.17) is 0 Å². The van der Waals surface area contributed by atoms with E-state index in [2.05, 4.69) is 25.7 Å². The number of carbonyl (C=O) groups excluding carboxylic acids is 1. The van der Waals surface area contributed by atoms with Crippen LogP contribution in [0.3, 0.4) is 0 Å². The number of rotatable bonds is 2. The van der Waals surface area contributed by atoms with Crippen molar-refractivity contribution in [2.75, 3.05) is 11.4 Å². The van der Waals surface area contributed by atoms with Gasteiger partial charge in [-0.3, -0.25) is 4.79 Å². The Kier molecular flexibility index (Phi) is 3.50. The lowest BCUT2D eigenvalue weighted by Gasteiger charge is -2.27. The van der Waals surface area contributed by atoms with Gasteiger partial charge in [-0.1, -0.05) is 50.0 Å². The first-order valence-corrected chi connectivity index (χ1v) is 7.19. The van der Waals surface area contributed by atoms with Gasteiger partial charge in [-0.05, 0) is 30.2 Å². The van der Waals surface area contributed by atoms with Crippen LogP contribution in [0, 0.1) is 17.8 Å². The second-order valence-electron chi connectivity index (χ2n) is 5.62. The molecule has 0 fully saturated rings. The fourth-order valence-corrected chi connectivity index (χ4v) is 2.53. The van der Waals surface area contributed by atoms with Crippen LogP contribution in [-0.2, 0) is 0 Å². The van der Waals surface area contributed by atoms with E-state index in [1.165, 1.54) is 0 Å². The van der Waals surface area contributed by atoms with Gasteiger partial charge in [0, 0.05) is 17.7 Å². The van der Waals surface area contributed by atoms with E-state index in [1.807, 2.05) is 53.4 Å². The van der Waals surface area contributed by atoms with Crippen molar-refractivity contribution in [1.29, 1.82) is 0 Å². The molecule has 2 aromatic rings. The minimum atomic E-state index is 0.0285. The molecule has 1 amide bonds. The fraction of sp³-hybridized carbons (Fsp3) is 0.211. The van der Waals surface area contributed by atoms with Gasteiger partial charge in [0.1, 0.15) is 0 Å². The molecule has 0 aliphatic carbocycles. The summed E-state index contributed by atoms with van der Waals surface area (Å²) in [6.45, 7) is 4.92. The zero-order valence-electron chi connectivity index (χ0n) is 12.3. The van der Waals surface area contributed by atoms with E-state index in [1.54, 1.807) is 0 Å². The highest BCUT2D eigenvalue weighted by Crippen LogP contribution is 2.25. The highest BCUT2D eigenvalue weighted by atomic mass is 16.2. The van der Waals surface area contributed by atoms with Gasteiger partial charge in [-0.2, -0.15) is 0 Å². The molecule has 0 N–H and O–H groups in total. The van der Waals surface area contributed by atoms with Crippen LogP contribution < -0.4 is 4.90 Å². The molecule has 2 aromatic carbocycles. The number of nitrogens with zero attached hydrogens (tertiary/aromatic N) is 1. The van der Waals surface area contributed by atoms with Crippen molar-refractivity contribution >= 4 is 11.6 Å². The normalized spacial score (nSPS) is 12.9. The molecule has 0 saturated heterocycles. The molecule has 0 bridgehead atoms. The van der Waals surface area contributed by atoms with Crippen LogP contribution >= 0.6 is 0 Å². The predicted octanol–water partition coefficient (Wildman–Crippen LogP) is 3.70. The summed E-state index contributed by atoms with van der Waals surface area (Å²) < 4.78 is 0. The molecule has 0 spiro atoms. The van der Waals surface area contributed by atoms with Crippen LogP contribution in [-0.4, -0.2) is 12.5 Å². The number of hydrogen-bond donors (Lipinski definition) is 0. The van der Waals surface area contributed by atoms with E-state index >= 15 is 0 Å². The second kappa shape index (κ2) is 5.46. The zero-order valence-corrected chi connectivity index (χ0v) is 12.3. The highest BCUT2D eigenvalue weighted by Gasteiger charge is 2.23. The Hall–Kier alpha value is -2.53. The Balaban J connectivity index is 2.22. The summed E-state index contributed by atoms with van der Waals surface area (Å²) in [5.41, 5.74) is 3.28. The first-order valence-electron chi connectivity index (χ1n) is 7.19. The predicted molar refractivity (Wildman–Crippen MR) is 85.4 cm³/mol. The maximum atomic E-state index is 12.9. The molecule has 0 saturated carbocycles. The molecule has 1 aliphatic rings. The van der Waals surface area contributed by atoms with Gasteiger partial charge in [-0.25, -0.2) is 0 Å². The molecule has 2 heteroatoms. The summed E-state index contributed by atoms with van der Waals surface area (Å²) in [5.74, 6) is 6.75. The van der Waals surface area contributed by atoms with Crippen LogP contribution in [0.25, 0.3) is 0 Å². The van der Waals surface area contributed by atoms with Crippen LogP contribution in [0.15, 0.2) is 48.5 Å². The molecular formula is C19H17NO. The summed E-state index contributed by atoms with van der Waals surface area (Å²) in [6.07, 6.45) is 0. The second-order valence-corrected chi connectivity index (χ2v) is 5.62. The van der Waals surface area contributed by atoms with Crippen molar-refractivity contribution < 1.29 is 4.79 Å². The number of benzene rings is 2. The van der Waals surface area contributed by atoms with Gasteiger partial charge in [0.05, 0.1) is 11.3 Å². The Morgan fingerprint density at radius 1 is 0.952 bits per heavy atom. The monoisotopic (exact) mass is 275 g/mol. The summed E-state index contributed by atoms with van der Waals surface area (Å²) in [4.78, 5) is 14.8. The number of para-hydroxylation sites is 1. The SMILES string of the molecule is CC(C)CN1C(=O)c2ccccc2C#Cc2ccccc21. The summed E-state index contributed by atoms with van der Waals surface area (Å²) in [5, 5.41) is 0. The first kappa shape index (κ1) is 13.5. The standard InChI is InChI=1S/C19H17NO/c1-14(2)13-20-18-10-6-4-8-16(18)12-11-15-7-3-5-9-17(15)19(20)21/h3-10,14H,13H2,1-2H3. The van der Waals surface area contributed by atoms with Crippen molar-refractivity contribution in [1.82, 2.24) is 0 Å². The topological polar surface area (TPSA) is 20.3 Å². The Labute approximate surface area is 125 Å². The molecule has 1 aliphatic heterocycles. The van der Waals surface area contributed by atoms with Crippen molar-refractivity contribution in [3.05, 3.63) is 65.2 Å². The lowest BCUT2D eigenvalue weighted by Crippen LogP contribution is -2.35. The fourth-order valence-electron chi connectivity index (χ4n) is 2.53. The van der Waals surface area contributed by atoms with Gasteiger partial charge in [0.25, 0.3) is 5.91 Å². The largest absolute Gasteiger partial charge is 0.307 e. The molecule has 2 nitrogen and oxygen atoms in total. The van der Waals surface area contributed by atoms with Crippen LogP contribution in [0.1, 0.15) is 35.3 Å². The Morgan fingerprint density at radius 2 is 1.57 bits per heavy atom. The smallest absolute Gasteiger partial charge is 0.259 e. The van der Waals surface area contributed by atoms with Gasteiger partial charge >= 0.3 is 0 Å². The molecule has 0 atom stereocenters. The Bertz CT molecular complexity index is 749. The summed E-state index contributed by atoms with van der Waals surface area (Å²) in [7, 11) is 0. The molecule has 0 unspecified atom stereocenters. The third-order valence-electron chi connectivity index (χ3n) is 3.48. The van der Waals surface area contributed by atoms with Crippen molar-refractivity contribution in [3.8, 4) is 11.8 Å². The lowest BCUT2D eigenvalue weighted by atomic mass is 10.0. The van der Waals surface area contributed by atoms with Gasteiger partial charge in [-0.15, -0.1) is 0 Å². The van der Waals surface area contributed by atoms with Gasteiger partial charge < -0.3 is 4.90 Å². The van der Waals surface area contributed by atoms with Gasteiger partial charge in [0.15, 0.2) is 0 Å². The molecule has 3 rings (SSSR count). The highest BCUT2D eigenvalue weighted by molar-refractivity contribution is 6.08. The zero-order chi connectivity index (χ0) is 14.8. The molecule has 0 aromatic heterocycles. The molecule has 104 valence electrons. The third-order valence-corrected chi connectivity index (χ3v) is 3.48. The van der Waals surface area contributed by atoms with E-state index < -0.39 is 0 Å². The summed E-state index contributed by atoms with van der Waals surface area (Å²) in [6, 6.07) is 15.4. The van der Waals surface area contributed by atoms with E-state index in [0.29, 0.717) is 18.0 Å². The third kappa shape index (κ3) is 2.55. The number of anilines is 1. The first-order chi connectivity index (χ1) is 10.2. The molecule has 0 radical (unpaired) electrons. The van der Waals surface area contributed by atoms with Crippen LogP contribution in [0.5, 0.6) is 0 Å². The molecular weight excluding hydrogens is 258 g/mol.